The summed E-state index contributed by atoms with van der Waals surface area (Å²) in [5.41, 5.74) is 8.76. The zero-order chi connectivity index (χ0) is 32.0. The minimum Gasteiger partial charge on any atom is -0.495 e. The summed E-state index contributed by atoms with van der Waals surface area (Å²) in [6, 6.07) is 13.4. The third-order valence-corrected chi connectivity index (χ3v) is 8.19. The Bertz CT molecular complexity index is 1810. The largest absolute Gasteiger partial charge is 0.495 e. The molecule has 0 radical (unpaired) electrons. The van der Waals surface area contributed by atoms with Gasteiger partial charge in [-0.1, -0.05) is 24.3 Å². The van der Waals surface area contributed by atoms with Crippen LogP contribution in [0.25, 0.3) is 28.1 Å². The molecule has 2 aromatic heterocycles. The molecule has 46 heavy (non-hydrogen) atoms. The Morgan fingerprint density at radius 1 is 1.15 bits per heavy atom. The summed E-state index contributed by atoms with van der Waals surface area (Å²) in [5, 5.41) is 17.8. The van der Waals surface area contributed by atoms with E-state index >= 15 is 0 Å². The zero-order valence-electron chi connectivity index (χ0n) is 26.3. The average molecular weight is 621 g/mol. The minimum atomic E-state index is -0.332. The highest BCUT2D eigenvalue weighted by Gasteiger charge is 2.27. The first kappa shape index (κ1) is 31.0. The Hall–Kier alpha value is -5.04. The number of methoxy groups -OCH3 is 1. The molecule has 236 valence electrons. The van der Waals surface area contributed by atoms with Crippen LogP contribution in [0.4, 0.5) is 11.6 Å². The number of benzene rings is 2. The first-order chi connectivity index (χ1) is 22.5. The molecule has 12 nitrogen and oxygen atoms in total. The lowest BCUT2D eigenvalue weighted by Gasteiger charge is -2.24. The number of aromatic nitrogens is 4. The van der Waals surface area contributed by atoms with E-state index in [1.165, 1.54) is 6.21 Å². The number of fused-ring (bicyclic) bond motifs is 3. The number of carbonyl (C=O) groups is 1. The van der Waals surface area contributed by atoms with Crippen molar-refractivity contribution in [2.24, 2.45) is 12.0 Å². The van der Waals surface area contributed by atoms with Gasteiger partial charge in [0.1, 0.15) is 11.9 Å². The van der Waals surface area contributed by atoms with Crippen LogP contribution in [0.3, 0.4) is 0 Å². The second kappa shape index (κ2) is 13.9. The van der Waals surface area contributed by atoms with Crippen molar-refractivity contribution in [2.75, 3.05) is 52.3 Å². The number of aliphatic imine (C=N–C) groups is 1. The molecule has 3 heterocycles. The highest BCUT2D eigenvalue weighted by atomic mass is 16.5. The number of quaternary nitrogens is 1. The van der Waals surface area contributed by atoms with E-state index < -0.39 is 0 Å². The van der Waals surface area contributed by atoms with E-state index in [2.05, 4.69) is 32.3 Å². The quantitative estimate of drug-likeness (QED) is 0.229. The molecule has 4 aromatic rings. The third kappa shape index (κ3) is 6.50. The van der Waals surface area contributed by atoms with Crippen molar-refractivity contribution in [1.29, 1.82) is 5.41 Å². The van der Waals surface area contributed by atoms with Crippen LogP contribution < -0.4 is 15.4 Å². The second-order valence-corrected chi connectivity index (χ2v) is 11.1. The van der Waals surface area contributed by atoms with Crippen LogP contribution in [0.2, 0.25) is 0 Å². The molecule has 12 heteroatoms. The summed E-state index contributed by atoms with van der Waals surface area (Å²) in [6.45, 7) is 3.67. The first-order valence-corrected chi connectivity index (χ1v) is 15.3. The van der Waals surface area contributed by atoms with E-state index in [1.807, 2.05) is 48.6 Å². The summed E-state index contributed by atoms with van der Waals surface area (Å²) in [4.78, 5) is 28.7. The number of nitrogens with zero attached hydrogens (tertiary/aromatic N) is 6. The zero-order valence-corrected chi connectivity index (χ0v) is 26.3. The molecule has 6 rings (SSSR count). The lowest BCUT2D eigenvalue weighted by atomic mass is 9.91. The van der Waals surface area contributed by atoms with Crippen molar-refractivity contribution in [3.63, 3.8) is 0 Å². The fraction of sp³-hybridized carbons (Fsp3) is 0.294. The highest BCUT2D eigenvalue weighted by molar-refractivity contribution is 6.08. The van der Waals surface area contributed by atoms with Gasteiger partial charge in [-0.05, 0) is 42.2 Å². The van der Waals surface area contributed by atoms with Gasteiger partial charge in [-0.3, -0.25) is 14.4 Å². The summed E-state index contributed by atoms with van der Waals surface area (Å²) >= 11 is 0. The smallest absolute Gasteiger partial charge is 0.276 e. The lowest BCUT2D eigenvalue weighted by Crippen LogP contribution is -2.72. The fourth-order valence-electron chi connectivity index (χ4n) is 5.83. The number of hydrogen-bond donors (Lipinski definition) is 3. The summed E-state index contributed by atoms with van der Waals surface area (Å²) in [5.74, 6) is 0.563. The van der Waals surface area contributed by atoms with E-state index in [1.54, 1.807) is 31.5 Å². The lowest BCUT2D eigenvalue weighted by molar-refractivity contribution is -0.555. The maximum Gasteiger partial charge on any atom is 0.276 e. The molecule has 0 bridgehead atoms. The molecule has 1 fully saturated rings. The van der Waals surface area contributed by atoms with Crippen LogP contribution in [-0.2, 0) is 24.6 Å². The average Bonchev–Trinajstić information content (AvgIpc) is 3.44. The van der Waals surface area contributed by atoms with E-state index in [9.17, 15) is 4.79 Å². The number of ether oxygens (including phenoxy) is 2. The molecule has 0 saturated carbocycles. The molecule has 1 saturated heterocycles. The van der Waals surface area contributed by atoms with Gasteiger partial charge in [0.15, 0.2) is 0 Å². The maximum absolute atomic E-state index is 12.8. The summed E-state index contributed by atoms with van der Waals surface area (Å²) in [7, 11) is 5.46. The minimum absolute atomic E-state index is 0.332. The molecule has 0 spiro atoms. The van der Waals surface area contributed by atoms with E-state index in [-0.39, 0.29) is 5.91 Å². The molecule has 1 aliphatic carbocycles. The van der Waals surface area contributed by atoms with E-state index in [0.717, 1.165) is 70.8 Å². The van der Waals surface area contributed by atoms with Crippen LogP contribution in [0.1, 0.15) is 27.2 Å². The van der Waals surface area contributed by atoms with Crippen molar-refractivity contribution < 1.29 is 19.6 Å². The number of amides is 1. The number of nitrogens with two attached hydrogens (primary N) is 1. The van der Waals surface area contributed by atoms with Crippen LogP contribution in [0.5, 0.6) is 5.75 Å². The Morgan fingerprint density at radius 3 is 2.67 bits per heavy atom. The predicted octanol–water partition coefficient (Wildman–Crippen LogP) is 3.12. The number of rotatable bonds is 10. The van der Waals surface area contributed by atoms with Crippen molar-refractivity contribution in [2.45, 2.75) is 12.8 Å². The highest BCUT2D eigenvalue weighted by Crippen LogP contribution is 2.40. The van der Waals surface area contributed by atoms with Gasteiger partial charge in [0, 0.05) is 62.0 Å². The predicted molar refractivity (Wildman–Crippen MR) is 178 cm³/mol. The van der Waals surface area contributed by atoms with E-state index in [4.69, 9.17) is 25.0 Å². The first-order valence-electron chi connectivity index (χ1n) is 15.3. The maximum atomic E-state index is 12.8. The fourth-order valence-corrected chi connectivity index (χ4v) is 5.83. The van der Waals surface area contributed by atoms with Gasteiger partial charge in [0.05, 0.1) is 55.7 Å². The Morgan fingerprint density at radius 2 is 1.93 bits per heavy atom. The molecule has 0 atom stereocenters. The number of aryl methyl sites for hydroxylation is 3. The van der Waals surface area contributed by atoms with Gasteiger partial charge < -0.3 is 25.5 Å². The van der Waals surface area contributed by atoms with Gasteiger partial charge in [-0.2, -0.15) is 5.10 Å². The number of nitrogens with one attached hydrogen (secondary N) is 2. The Kier molecular flexibility index (Phi) is 9.38. The molecule has 2 aromatic carbocycles. The number of allylic oxidation sites excluding steroid dienone is 1. The molecular formula is C34H38N9O3+. The van der Waals surface area contributed by atoms with Crippen LogP contribution >= 0.6 is 0 Å². The summed E-state index contributed by atoms with van der Waals surface area (Å²) < 4.78 is 12.9. The van der Waals surface area contributed by atoms with Crippen molar-refractivity contribution in [3.8, 4) is 28.3 Å². The number of carbonyl (C=O) groups excluding carboxylic acids is 1. The SMILES string of the molecule is C[NH2+]C=C(C=N)c1ccc(-c2c3c(nn2C)CCc2cnc(Nc4ccc(C(=O)N=CCN5CCOCC5)cc4OC)nc2-3)cc1. The molecule has 0 unspecified atom stereocenters. The number of morpholine rings is 1. The number of hydrogen-bond acceptors (Lipinski definition) is 9. The van der Waals surface area contributed by atoms with Gasteiger partial charge in [-0.15, -0.1) is 0 Å². The van der Waals surface area contributed by atoms with Crippen molar-refractivity contribution in [3.05, 3.63) is 77.2 Å². The standard InChI is InChI=1S/C34H37N9O3/c1-36-20-26(19-35)22-4-6-23(7-5-22)32-30-28(41-42(32)2)11-9-25-21-38-34(40-31(25)30)39-27-10-8-24(18-29(27)45-3)33(44)37-12-13-43-14-16-46-17-15-43/h4-8,10,12,18-21,35-36H,9,11,13-17H2,1-3H3,(H,38,39,40)/p+1. The Labute approximate surface area is 267 Å². The molecule has 2 aliphatic rings. The van der Waals surface area contributed by atoms with Crippen LogP contribution in [-0.4, -0.2) is 90.0 Å². The second-order valence-electron chi connectivity index (χ2n) is 11.1. The van der Waals surface area contributed by atoms with Gasteiger partial charge >= 0.3 is 0 Å². The van der Waals surface area contributed by atoms with Crippen LogP contribution in [0, 0.1) is 5.41 Å². The third-order valence-electron chi connectivity index (χ3n) is 8.19. The monoisotopic (exact) mass is 620 g/mol. The topological polar surface area (TPSA) is 147 Å². The van der Waals surface area contributed by atoms with Gasteiger partial charge in [0.2, 0.25) is 5.95 Å². The molecule has 1 aliphatic heterocycles. The van der Waals surface area contributed by atoms with Gasteiger partial charge in [0.25, 0.3) is 5.91 Å². The molecule has 1 amide bonds. The van der Waals surface area contributed by atoms with Gasteiger partial charge in [-0.25, -0.2) is 15.0 Å². The normalized spacial score (nSPS) is 15.0. The Balaban J connectivity index is 1.25. The van der Waals surface area contributed by atoms with Crippen molar-refractivity contribution in [1.82, 2.24) is 24.6 Å². The van der Waals surface area contributed by atoms with Crippen LogP contribution in [0.15, 0.2) is 59.9 Å². The van der Waals surface area contributed by atoms with E-state index in [0.29, 0.717) is 42.7 Å². The molecular weight excluding hydrogens is 582 g/mol. The van der Waals surface area contributed by atoms with Crippen molar-refractivity contribution >= 4 is 35.5 Å². The number of anilines is 2. The molecule has 4 N–H and O–H groups in total. The summed E-state index contributed by atoms with van der Waals surface area (Å²) in [6.07, 6.45) is 8.41.